The van der Waals surface area contributed by atoms with Crippen molar-refractivity contribution in [3.05, 3.63) is 147 Å². The van der Waals surface area contributed by atoms with Crippen LogP contribution in [-0.4, -0.2) is 11.8 Å². The number of hydrogen-bond acceptors (Lipinski definition) is 4. The van der Waals surface area contributed by atoms with Crippen LogP contribution in [0.5, 0.6) is 23.0 Å². The lowest BCUT2D eigenvalue weighted by atomic mass is 9.72. The molecule has 0 aliphatic carbocycles. The number of nitrogens with zero attached hydrogens (tertiary/aromatic N) is 1. The van der Waals surface area contributed by atoms with Gasteiger partial charge < -0.3 is 9.47 Å². The molecule has 8 aromatic rings. The molecule has 0 fully saturated rings. The van der Waals surface area contributed by atoms with Gasteiger partial charge in [0, 0.05) is 26.0 Å². The number of amides is 2. The number of imide groups is 1. The van der Waals surface area contributed by atoms with Crippen molar-refractivity contribution in [3.63, 3.8) is 0 Å². The molecule has 1 aliphatic heterocycles. The lowest BCUT2D eigenvalue weighted by Gasteiger charge is -2.34. The fourth-order valence-corrected chi connectivity index (χ4v) is 12.2. The molecule has 0 unspecified atom stereocenters. The van der Waals surface area contributed by atoms with Crippen LogP contribution in [-0.2, 0) is 10.8 Å². The van der Waals surface area contributed by atoms with E-state index in [-0.39, 0.29) is 45.3 Å². The Morgan fingerprint density at radius 2 is 0.897 bits per heavy atom. The number of carbonyl (C=O) groups excluding carboxylic acids is 2. The van der Waals surface area contributed by atoms with Gasteiger partial charge in [0.15, 0.2) is 0 Å². The van der Waals surface area contributed by atoms with Crippen molar-refractivity contribution in [1.29, 1.82) is 0 Å². The second-order valence-corrected chi connectivity index (χ2v) is 24.6. The molecule has 1 aliphatic rings. The van der Waals surface area contributed by atoms with Crippen molar-refractivity contribution in [2.75, 3.05) is 4.90 Å². The van der Waals surface area contributed by atoms with Gasteiger partial charge in [0.05, 0.1) is 16.8 Å². The number of hydrogen-bond donors (Lipinski definition) is 0. The summed E-state index contributed by atoms with van der Waals surface area (Å²) in [6.07, 6.45) is 2.03. The molecule has 68 heavy (non-hydrogen) atoms. The van der Waals surface area contributed by atoms with Crippen molar-refractivity contribution in [3.8, 4) is 23.0 Å². The maximum atomic E-state index is 15.6. The van der Waals surface area contributed by atoms with E-state index in [9.17, 15) is 0 Å². The quantitative estimate of drug-likeness (QED) is 0.0736. The van der Waals surface area contributed by atoms with Crippen molar-refractivity contribution in [2.45, 2.75) is 132 Å². The van der Waals surface area contributed by atoms with Crippen molar-refractivity contribution < 1.29 is 19.1 Å². The van der Waals surface area contributed by atoms with Crippen molar-refractivity contribution >= 4 is 76.5 Å². The Labute approximate surface area is 411 Å². The second kappa shape index (κ2) is 16.8. The maximum absolute atomic E-state index is 15.6. The highest BCUT2D eigenvalue weighted by atomic mass is 79.9. The predicted octanol–water partition coefficient (Wildman–Crippen LogP) is 18.6. The van der Waals surface area contributed by atoms with E-state index in [1.807, 2.05) is 54.6 Å². The molecule has 1 heterocycles. The number of fused-ring (bicyclic) bond motifs is 2. The lowest BCUT2D eigenvalue weighted by molar-refractivity contribution is 0.0892. The Kier molecular flexibility index (Phi) is 11.7. The van der Waals surface area contributed by atoms with E-state index < -0.39 is 0 Å². The molecule has 6 heteroatoms. The van der Waals surface area contributed by atoms with Gasteiger partial charge in [0.1, 0.15) is 23.0 Å². The Balaban J connectivity index is 1.34. The number of rotatable bonds is 11. The molecular weight excluding hydrogens is 903 g/mol. The van der Waals surface area contributed by atoms with E-state index in [0.717, 1.165) is 66.1 Å². The summed E-state index contributed by atoms with van der Waals surface area (Å²) >= 11 is 3.88. The van der Waals surface area contributed by atoms with E-state index in [1.54, 1.807) is 0 Å². The normalized spacial score (nSPS) is 13.9. The molecule has 0 atom stereocenters. The lowest BCUT2D eigenvalue weighted by Crippen LogP contribution is -2.42. The SMILES string of the molecule is CC(C)c1cccc(C(C)C)c1N1C(=O)c2cc(Oc3ccc(C(C)(C)CC(C)(C)C)cc3)c3c4cccc5c(Br)ccc(c6c(Oc7ccc(C(C)(C)CC(C)(C)C)cc7)cc(c2c36)C1=O)c54. The van der Waals surface area contributed by atoms with Crippen LogP contribution in [0.1, 0.15) is 165 Å². The summed E-state index contributed by atoms with van der Waals surface area (Å²) in [7, 11) is 0. The summed E-state index contributed by atoms with van der Waals surface area (Å²) in [4.78, 5) is 32.7. The highest BCUT2D eigenvalue weighted by Crippen LogP contribution is 2.54. The van der Waals surface area contributed by atoms with E-state index in [1.165, 1.54) is 16.0 Å². The fraction of sp³-hybridized carbons (Fsp3) is 0.355. The first kappa shape index (κ1) is 47.4. The van der Waals surface area contributed by atoms with Gasteiger partial charge in [-0.2, -0.15) is 0 Å². The van der Waals surface area contributed by atoms with Gasteiger partial charge in [-0.3, -0.25) is 9.59 Å². The van der Waals surface area contributed by atoms with Crippen LogP contribution >= 0.6 is 15.9 Å². The standard InChI is InChI=1S/C62H66BrNO4/c1-35(2)41-17-15-18-42(36(3)4)56(41)64-57(65)46-31-49(67-39-25-21-37(22-26-39)61(11,12)33-59(5,6)7)53-44-20-16-19-43-48(63)30-29-45(51(43)44)54-50(32-47(58(64)66)52(46)55(53)54)68-40-27-23-38(24-28-40)62(13,14)34-60(8,9)10/h15-32,35-36H,33-34H2,1-14H3. The van der Waals surface area contributed by atoms with Crippen LogP contribution < -0.4 is 14.4 Å². The molecule has 350 valence electrons. The monoisotopic (exact) mass is 967 g/mol. The van der Waals surface area contributed by atoms with E-state index >= 15 is 9.59 Å². The Morgan fingerprint density at radius 1 is 0.485 bits per heavy atom. The number of ether oxygens (including phenoxy) is 2. The van der Waals surface area contributed by atoms with Crippen molar-refractivity contribution in [1.82, 2.24) is 0 Å². The molecule has 8 aromatic carbocycles. The average molecular weight is 969 g/mol. The van der Waals surface area contributed by atoms with Crippen LogP contribution in [0, 0.1) is 10.8 Å². The van der Waals surface area contributed by atoms with Gasteiger partial charge in [-0.05, 0) is 133 Å². The third kappa shape index (κ3) is 8.35. The number of benzene rings is 8. The van der Waals surface area contributed by atoms with Gasteiger partial charge in [0.25, 0.3) is 11.8 Å². The number of halogens is 1. The molecule has 0 spiro atoms. The van der Waals surface area contributed by atoms with E-state index in [0.29, 0.717) is 45.2 Å². The maximum Gasteiger partial charge on any atom is 0.266 e. The molecule has 0 saturated heterocycles. The topological polar surface area (TPSA) is 55.8 Å². The van der Waals surface area contributed by atoms with Gasteiger partial charge >= 0.3 is 0 Å². The summed E-state index contributed by atoms with van der Waals surface area (Å²) in [6, 6.07) is 37.2. The van der Waals surface area contributed by atoms with Crippen LogP contribution in [0.3, 0.4) is 0 Å². The molecule has 5 nitrogen and oxygen atoms in total. The highest BCUT2D eigenvalue weighted by Gasteiger charge is 2.40. The molecule has 0 N–H and O–H groups in total. The van der Waals surface area contributed by atoms with Crippen LogP contribution in [0.4, 0.5) is 5.69 Å². The summed E-state index contributed by atoms with van der Waals surface area (Å²) in [5.74, 6) is 1.72. The Hall–Kier alpha value is -5.72. The van der Waals surface area contributed by atoms with Gasteiger partial charge in [-0.15, -0.1) is 0 Å². The number of para-hydroxylation sites is 1. The minimum absolute atomic E-state index is 0.0443. The largest absolute Gasteiger partial charge is 0.457 e. The zero-order valence-electron chi connectivity index (χ0n) is 42.4. The zero-order valence-corrected chi connectivity index (χ0v) is 44.0. The van der Waals surface area contributed by atoms with E-state index in [4.69, 9.17) is 9.47 Å². The Morgan fingerprint density at radius 3 is 1.32 bits per heavy atom. The van der Waals surface area contributed by atoms with Gasteiger partial charge in [0.2, 0.25) is 0 Å². The van der Waals surface area contributed by atoms with Crippen LogP contribution in [0.25, 0.3) is 43.1 Å². The Bertz CT molecular complexity index is 3110. The third-order valence-corrected chi connectivity index (χ3v) is 14.7. The van der Waals surface area contributed by atoms with Gasteiger partial charge in [-0.25, -0.2) is 4.90 Å². The fourth-order valence-electron chi connectivity index (χ4n) is 11.8. The van der Waals surface area contributed by atoms with Crippen molar-refractivity contribution in [2.24, 2.45) is 10.8 Å². The summed E-state index contributed by atoms with van der Waals surface area (Å²) in [5.41, 5.74) is 6.00. The minimum atomic E-state index is -0.374. The molecule has 0 radical (unpaired) electrons. The van der Waals surface area contributed by atoms with E-state index in [2.05, 4.69) is 167 Å². The van der Waals surface area contributed by atoms with Crippen LogP contribution in [0.2, 0.25) is 0 Å². The number of carbonyl (C=O) groups is 2. The minimum Gasteiger partial charge on any atom is -0.457 e. The smallest absolute Gasteiger partial charge is 0.266 e. The summed E-state index contributed by atoms with van der Waals surface area (Å²) < 4.78 is 15.2. The molecule has 0 saturated carbocycles. The predicted molar refractivity (Wildman–Crippen MR) is 288 cm³/mol. The van der Waals surface area contributed by atoms with Crippen LogP contribution in [0.15, 0.2) is 114 Å². The third-order valence-electron chi connectivity index (χ3n) is 14.0. The molecule has 0 bridgehead atoms. The average Bonchev–Trinajstić information content (AvgIpc) is 3.24. The molecule has 2 amide bonds. The highest BCUT2D eigenvalue weighted by molar-refractivity contribution is 9.10. The number of anilines is 1. The second-order valence-electron chi connectivity index (χ2n) is 23.7. The molecule has 9 rings (SSSR count). The first-order valence-electron chi connectivity index (χ1n) is 24.3. The zero-order chi connectivity index (χ0) is 49.0. The van der Waals surface area contributed by atoms with Gasteiger partial charge in [-0.1, -0.05) is 180 Å². The summed E-state index contributed by atoms with van der Waals surface area (Å²) in [5, 5.41) is 7.00. The first-order chi connectivity index (χ1) is 31.8. The molecular formula is C62H66BrNO4. The molecule has 0 aromatic heterocycles. The summed E-state index contributed by atoms with van der Waals surface area (Å²) in [6.45, 7) is 31.3. The first-order valence-corrected chi connectivity index (χ1v) is 25.1.